The first-order chi connectivity index (χ1) is 16.0. The summed E-state index contributed by atoms with van der Waals surface area (Å²) in [7, 11) is 0. The number of hydrogen-bond donors (Lipinski definition) is 2. The zero-order chi connectivity index (χ0) is 25.2. The molecule has 0 saturated carbocycles. The van der Waals surface area contributed by atoms with Gasteiger partial charge in [-0.25, -0.2) is 9.18 Å². The largest absolute Gasteiger partial charge is 0.491 e. The molecule has 0 aliphatic rings. The van der Waals surface area contributed by atoms with E-state index in [1.165, 1.54) is 12.3 Å². The minimum absolute atomic E-state index is 0.0143. The molecule has 0 amide bonds. The van der Waals surface area contributed by atoms with Crippen LogP contribution in [0.25, 0.3) is 10.9 Å². The molecule has 2 N–H and O–H groups in total. The molecule has 0 bridgehead atoms. The van der Waals surface area contributed by atoms with E-state index in [4.69, 9.17) is 16.3 Å². The summed E-state index contributed by atoms with van der Waals surface area (Å²) in [5, 5.41) is 19.9. The molecule has 1 aromatic heterocycles. The lowest BCUT2D eigenvalue weighted by Crippen LogP contribution is -2.24. The number of benzene rings is 2. The number of nitrogens with zero attached hydrogens (tertiary/aromatic N) is 1. The van der Waals surface area contributed by atoms with E-state index in [0.717, 1.165) is 0 Å². The number of aromatic nitrogens is 1. The number of hydrogen-bond acceptors (Lipinski definition) is 4. The summed E-state index contributed by atoms with van der Waals surface area (Å²) in [5.74, 6) is -1.25. The topological polar surface area (TPSA) is 88.8 Å². The van der Waals surface area contributed by atoms with Gasteiger partial charge in [0, 0.05) is 24.1 Å². The molecule has 1 unspecified atom stereocenters. The maximum absolute atomic E-state index is 14.6. The third-order valence-corrected chi connectivity index (χ3v) is 5.86. The van der Waals surface area contributed by atoms with Gasteiger partial charge in [-0.2, -0.15) is 0 Å². The smallest absolute Gasteiger partial charge is 0.341 e. The second-order valence-electron chi connectivity index (χ2n) is 9.08. The van der Waals surface area contributed by atoms with Crippen LogP contribution in [0.5, 0.6) is 5.75 Å². The maximum atomic E-state index is 14.6. The summed E-state index contributed by atoms with van der Waals surface area (Å²) in [6.07, 6.45) is 1.74. The normalized spacial score (nSPS) is 12.5. The summed E-state index contributed by atoms with van der Waals surface area (Å²) in [6, 6.07) is 7.47. The third kappa shape index (κ3) is 5.42. The SMILES string of the molecule is CC(C)CC(CO)n1cc(C(=O)O)c(=O)c2cc(Cc3cccc(Cl)c3F)c(OC(C)C)cc21. The minimum atomic E-state index is -1.35. The number of aromatic carboxylic acids is 1. The molecule has 0 radical (unpaired) electrons. The second kappa shape index (κ2) is 10.6. The standard InChI is InChI=1S/C26H29ClFNO5/c1-14(2)8-18(13-30)29-12-20(26(32)33)25(31)19-10-17(23(11-22(19)29)34-15(3)4)9-16-6-5-7-21(27)24(16)28/h5-7,10-12,14-15,18,30H,8-9,13H2,1-4H3,(H,32,33). The Morgan fingerprint density at radius 1 is 1.18 bits per heavy atom. The number of pyridine rings is 1. The predicted molar refractivity (Wildman–Crippen MR) is 131 cm³/mol. The van der Waals surface area contributed by atoms with Crippen molar-refractivity contribution < 1.29 is 24.1 Å². The molecule has 0 saturated heterocycles. The number of aliphatic hydroxyl groups is 1. The number of carboxylic acid groups (broad SMARTS) is 1. The molecule has 0 spiro atoms. The Balaban J connectivity index is 2.33. The molecular weight excluding hydrogens is 461 g/mol. The van der Waals surface area contributed by atoms with Crippen LogP contribution >= 0.6 is 11.6 Å². The van der Waals surface area contributed by atoms with Crippen molar-refractivity contribution in [3.05, 3.63) is 74.3 Å². The summed E-state index contributed by atoms with van der Waals surface area (Å²) in [4.78, 5) is 25.0. The summed E-state index contributed by atoms with van der Waals surface area (Å²) in [5.41, 5.74) is 0.248. The van der Waals surface area contributed by atoms with Crippen LogP contribution in [0.4, 0.5) is 4.39 Å². The van der Waals surface area contributed by atoms with Gasteiger partial charge < -0.3 is 19.5 Å². The van der Waals surface area contributed by atoms with Gasteiger partial charge in [-0.1, -0.05) is 37.6 Å². The zero-order valence-corrected chi connectivity index (χ0v) is 20.4. The number of ether oxygens (including phenoxy) is 1. The van der Waals surface area contributed by atoms with Crippen molar-refractivity contribution in [3.63, 3.8) is 0 Å². The lowest BCUT2D eigenvalue weighted by Gasteiger charge is -2.24. The number of fused-ring (bicyclic) bond motifs is 1. The lowest BCUT2D eigenvalue weighted by atomic mass is 9.98. The fourth-order valence-electron chi connectivity index (χ4n) is 4.09. The van der Waals surface area contributed by atoms with E-state index in [1.54, 1.807) is 28.8 Å². The van der Waals surface area contributed by atoms with E-state index < -0.39 is 28.8 Å². The molecule has 0 aliphatic carbocycles. The van der Waals surface area contributed by atoms with Crippen LogP contribution in [0.15, 0.2) is 41.3 Å². The van der Waals surface area contributed by atoms with Crippen molar-refractivity contribution in [2.45, 2.75) is 52.7 Å². The lowest BCUT2D eigenvalue weighted by molar-refractivity contribution is 0.0694. The van der Waals surface area contributed by atoms with Gasteiger partial charge in [-0.05, 0) is 49.4 Å². The van der Waals surface area contributed by atoms with Gasteiger partial charge in [0.25, 0.3) is 0 Å². The van der Waals surface area contributed by atoms with Crippen LogP contribution in [-0.2, 0) is 6.42 Å². The highest BCUT2D eigenvalue weighted by Gasteiger charge is 2.22. The average molecular weight is 490 g/mol. The Kier molecular flexibility index (Phi) is 8.00. The van der Waals surface area contributed by atoms with Crippen LogP contribution in [0.2, 0.25) is 5.02 Å². The van der Waals surface area contributed by atoms with Crippen LogP contribution in [0, 0.1) is 11.7 Å². The van der Waals surface area contributed by atoms with E-state index in [-0.39, 0.29) is 35.5 Å². The highest BCUT2D eigenvalue weighted by atomic mass is 35.5. The van der Waals surface area contributed by atoms with Crippen molar-refractivity contribution >= 4 is 28.5 Å². The van der Waals surface area contributed by atoms with Gasteiger partial charge in [0.1, 0.15) is 17.1 Å². The maximum Gasteiger partial charge on any atom is 0.341 e. The molecule has 6 nitrogen and oxygen atoms in total. The first-order valence-electron chi connectivity index (χ1n) is 11.2. The van der Waals surface area contributed by atoms with Crippen LogP contribution in [-0.4, -0.2) is 33.5 Å². The summed E-state index contributed by atoms with van der Waals surface area (Å²) < 4.78 is 22.3. The van der Waals surface area contributed by atoms with E-state index >= 15 is 0 Å². The molecule has 1 heterocycles. The van der Waals surface area contributed by atoms with E-state index in [2.05, 4.69) is 0 Å². The summed E-state index contributed by atoms with van der Waals surface area (Å²) >= 11 is 5.94. The van der Waals surface area contributed by atoms with Gasteiger partial charge in [-0.3, -0.25) is 4.79 Å². The zero-order valence-electron chi connectivity index (χ0n) is 19.6. The fourth-order valence-corrected chi connectivity index (χ4v) is 4.28. The predicted octanol–water partition coefficient (Wildman–Crippen LogP) is 5.45. The van der Waals surface area contributed by atoms with Crippen molar-refractivity contribution in [1.82, 2.24) is 4.57 Å². The van der Waals surface area contributed by atoms with Gasteiger partial charge in [-0.15, -0.1) is 0 Å². The van der Waals surface area contributed by atoms with Gasteiger partial charge in [0.05, 0.1) is 29.3 Å². The number of carboxylic acids is 1. The fraction of sp³-hybridized carbons (Fsp3) is 0.385. The molecule has 1 atom stereocenters. The molecule has 34 heavy (non-hydrogen) atoms. The first-order valence-corrected chi connectivity index (χ1v) is 11.6. The number of carbonyl (C=O) groups is 1. The van der Waals surface area contributed by atoms with Crippen LogP contribution in [0.3, 0.4) is 0 Å². The molecule has 182 valence electrons. The van der Waals surface area contributed by atoms with Crippen LogP contribution in [0.1, 0.15) is 61.6 Å². The average Bonchev–Trinajstić information content (AvgIpc) is 2.75. The highest BCUT2D eigenvalue weighted by molar-refractivity contribution is 6.30. The quantitative estimate of drug-likeness (QED) is 0.417. The number of halogens is 2. The Morgan fingerprint density at radius 2 is 1.88 bits per heavy atom. The molecule has 8 heteroatoms. The molecular formula is C26H29ClFNO5. The van der Waals surface area contributed by atoms with Gasteiger partial charge in [0.15, 0.2) is 0 Å². The summed E-state index contributed by atoms with van der Waals surface area (Å²) in [6.45, 7) is 7.46. The Bertz CT molecular complexity index is 1270. The molecule has 0 aliphatic heterocycles. The molecule has 3 rings (SSSR count). The van der Waals surface area contributed by atoms with Crippen molar-refractivity contribution in [1.29, 1.82) is 0 Å². The third-order valence-electron chi connectivity index (χ3n) is 5.57. The van der Waals surface area contributed by atoms with Crippen molar-refractivity contribution in [2.24, 2.45) is 5.92 Å². The van der Waals surface area contributed by atoms with Crippen LogP contribution < -0.4 is 10.2 Å². The first kappa shape index (κ1) is 25.7. The monoisotopic (exact) mass is 489 g/mol. The van der Waals surface area contributed by atoms with E-state index in [9.17, 15) is 24.2 Å². The minimum Gasteiger partial charge on any atom is -0.491 e. The number of aliphatic hydroxyl groups excluding tert-OH is 1. The van der Waals surface area contributed by atoms with Gasteiger partial charge in [0.2, 0.25) is 5.43 Å². The van der Waals surface area contributed by atoms with E-state index in [1.807, 2.05) is 27.7 Å². The van der Waals surface area contributed by atoms with Crippen molar-refractivity contribution in [2.75, 3.05) is 6.61 Å². The van der Waals surface area contributed by atoms with Crippen molar-refractivity contribution in [3.8, 4) is 5.75 Å². The number of rotatable bonds is 9. The Hall–Kier alpha value is -2.90. The molecule has 0 fully saturated rings. The molecule has 3 aromatic rings. The van der Waals surface area contributed by atoms with E-state index in [0.29, 0.717) is 28.8 Å². The molecule has 2 aromatic carbocycles. The Labute approximate surface area is 202 Å². The Morgan fingerprint density at radius 3 is 2.47 bits per heavy atom. The highest BCUT2D eigenvalue weighted by Crippen LogP contribution is 2.32. The van der Waals surface area contributed by atoms with Gasteiger partial charge >= 0.3 is 5.97 Å². The second-order valence-corrected chi connectivity index (χ2v) is 9.49.